The molecule has 0 saturated carbocycles. The Kier molecular flexibility index (Phi) is 4.10. The molecule has 104 valence electrons. The highest BCUT2D eigenvalue weighted by molar-refractivity contribution is 7.99. The highest BCUT2D eigenvalue weighted by Crippen LogP contribution is 2.42. The largest absolute Gasteiger partial charge is 0.489 e. The van der Waals surface area contributed by atoms with Crippen molar-refractivity contribution >= 4 is 23.4 Å². The van der Waals surface area contributed by atoms with Gasteiger partial charge in [-0.2, -0.15) is 0 Å². The molecule has 0 aromatic heterocycles. The minimum absolute atomic E-state index is 0.297. The lowest BCUT2D eigenvalue weighted by Gasteiger charge is -2.28. The van der Waals surface area contributed by atoms with Gasteiger partial charge in [0.05, 0.1) is 23.6 Å². The monoisotopic (exact) mass is 299 g/mol. The average molecular weight is 300 g/mol. The Hall–Kier alpha value is -0.580. The molecule has 19 heavy (non-hydrogen) atoms. The SMILES string of the molecule is CC1CNC(c2cc(Cl)c3c(c2)OCCCO3)SC1. The topological polar surface area (TPSA) is 30.5 Å². The maximum atomic E-state index is 6.33. The molecule has 0 bridgehead atoms. The summed E-state index contributed by atoms with van der Waals surface area (Å²) in [6.45, 7) is 4.66. The second-order valence-corrected chi connectivity index (χ2v) is 6.65. The number of rotatable bonds is 1. The fraction of sp³-hybridized carbons (Fsp3) is 0.571. The van der Waals surface area contributed by atoms with Gasteiger partial charge in [-0.05, 0) is 35.9 Å². The van der Waals surface area contributed by atoms with Gasteiger partial charge >= 0.3 is 0 Å². The van der Waals surface area contributed by atoms with Gasteiger partial charge in [0.1, 0.15) is 0 Å². The van der Waals surface area contributed by atoms with Crippen molar-refractivity contribution in [2.24, 2.45) is 5.92 Å². The summed E-state index contributed by atoms with van der Waals surface area (Å²) in [6, 6.07) is 4.06. The van der Waals surface area contributed by atoms with Gasteiger partial charge < -0.3 is 14.8 Å². The van der Waals surface area contributed by atoms with Crippen LogP contribution in [0.2, 0.25) is 5.02 Å². The molecular weight excluding hydrogens is 282 g/mol. The van der Waals surface area contributed by atoms with Crippen molar-refractivity contribution in [1.82, 2.24) is 5.32 Å². The van der Waals surface area contributed by atoms with E-state index in [0.717, 1.165) is 24.6 Å². The predicted molar refractivity (Wildman–Crippen MR) is 79.4 cm³/mol. The summed E-state index contributed by atoms with van der Waals surface area (Å²) in [5, 5.41) is 4.49. The summed E-state index contributed by atoms with van der Waals surface area (Å²) >= 11 is 8.25. The molecule has 0 radical (unpaired) electrons. The highest BCUT2D eigenvalue weighted by Gasteiger charge is 2.23. The van der Waals surface area contributed by atoms with E-state index in [4.69, 9.17) is 21.1 Å². The first kappa shape index (κ1) is 13.4. The molecule has 1 saturated heterocycles. The standard InChI is InChI=1S/C14H18ClNO2S/c1-9-7-16-14(19-8-9)10-5-11(15)13-12(6-10)17-3-2-4-18-13/h5-6,9,14,16H,2-4,7-8H2,1H3. The van der Waals surface area contributed by atoms with Gasteiger partial charge in [0.15, 0.2) is 11.5 Å². The van der Waals surface area contributed by atoms with Crippen LogP contribution in [0.15, 0.2) is 12.1 Å². The molecule has 3 nitrogen and oxygen atoms in total. The number of halogens is 1. The number of ether oxygens (including phenoxy) is 2. The number of hydrogen-bond donors (Lipinski definition) is 1. The van der Waals surface area contributed by atoms with Crippen molar-refractivity contribution in [3.05, 3.63) is 22.7 Å². The van der Waals surface area contributed by atoms with E-state index in [-0.39, 0.29) is 0 Å². The zero-order chi connectivity index (χ0) is 13.2. The third-order valence-electron chi connectivity index (χ3n) is 3.33. The van der Waals surface area contributed by atoms with Crippen molar-refractivity contribution in [1.29, 1.82) is 0 Å². The Bertz CT molecular complexity index is 461. The molecule has 3 rings (SSSR count). The number of benzene rings is 1. The lowest BCUT2D eigenvalue weighted by molar-refractivity contribution is 0.297. The molecule has 2 aliphatic heterocycles. The van der Waals surface area contributed by atoms with Crippen LogP contribution in [0.5, 0.6) is 11.5 Å². The fourth-order valence-electron chi connectivity index (χ4n) is 2.30. The first-order chi connectivity index (χ1) is 9.24. The molecular formula is C14H18ClNO2S. The average Bonchev–Trinajstić information content (AvgIpc) is 2.65. The van der Waals surface area contributed by atoms with Crippen LogP contribution in [-0.4, -0.2) is 25.5 Å². The van der Waals surface area contributed by atoms with E-state index in [0.29, 0.717) is 29.4 Å². The van der Waals surface area contributed by atoms with Gasteiger partial charge in [-0.15, -0.1) is 11.8 Å². The molecule has 0 aliphatic carbocycles. The molecule has 5 heteroatoms. The quantitative estimate of drug-likeness (QED) is 0.860. The molecule has 1 N–H and O–H groups in total. The summed E-state index contributed by atoms with van der Waals surface area (Å²) in [5.41, 5.74) is 1.17. The Balaban J connectivity index is 1.86. The maximum Gasteiger partial charge on any atom is 0.179 e. The number of thioether (sulfide) groups is 1. The van der Waals surface area contributed by atoms with Crippen LogP contribution in [0, 0.1) is 5.92 Å². The number of hydrogen-bond acceptors (Lipinski definition) is 4. The molecule has 2 atom stereocenters. The van der Waals surface area contributed by atoms with Gasteiger partial charge in [-0.3, -0.25) is 0 Å². The maximum absolute atomic E-state index is 6.33. The van der Waals surface area contributed by atoms with E-state index in [1.54, 1.807) is 0 Å². The Morgan fingerprint density at radius 3 is 2.95 bits per heavy atom. The normalized spacial score (nSPS) is 26.8. The van der Waals surface area contributed by atoms with Gasteiger partial charge in [-0.25, -0.2) is 0 Å². The lowest BCUT2D eigenvalue weighted by Crippen LogP contribution is -2.31. The third kappa shape index (κ3) is 2.96. The molecule has 1 aromatic rings. The first-order valence-electron chi connectivity index (χ1n) is 6.68. The summed E-state index contributed by atoms with van der Waals surface area (Å²) < 4.78 is 11.4. The summed E-state index contributed by atoms with van der Waals surface area (Å²) in [4.78, 5) is 0. The van der Waals surface area contributed by atoms with Crippen LogP contribution in [-0.2, 0) is 0 Å². The van der Waals surface area contributed by atoms with Gasteiger partial charge in [-0.1, -0.05) is 18.5 Å². The van der Waals surface area contributed by atoms with Crippen molar-refractivity contribution in [3.63, 3.8) is 0 Å². The van der Waals surface area contributed by atoms with Gasteiger partial charge in [0.25, 0.3) is 0 Å². The van der Waals surface area contributed by atoms with Crippen molar-refractivity contribution < 1.29 is 9.47 Å². The summed E-state index contributed by atoms with van der Waals surface area (Å²) in [5.74, 6) is 3.36. The molecule has 2 aliphatic rings. The van der Waals surface area contributed by atoms with Crippen LogP contribution in [0.25, 0.3) is 0 Å². The number of nitrogens with one attached hydrogen (secondary N) is 1. The van der Waals surface area contributed by atoms with Crippen molar-refractivity contribution in [3.8, 4) is 11.5 Å². The zero-order valence-corrected chi connectivity index (χ0v) is 12.5. The van der Waals surface area contributed by atoms with Gasteiger partial charge in [0, 0.05) is 6.42 Å². The molecule has 2 unspecified atom stereocenters. The van der Waals surface area contributed by atoms with E-state index in [2.05, 4.69) is 18.3 Å². The predicted octanol–water partition coefficient (Wildman–Crippen LogP) is 3.47. The Morgan fingerprint density at radius 1 is 1.32 bits per heavy atom. The molecule has 1 fully saturated rings. The minimum atomic E-state index is 0.297. The van der Waals surface area contributed by atoms with Gasteiger partial charge in [0.2, 0.25) is 0 Å². The van der Waals surface area contributed by atoms with Crippen LogP contribution in [0.1, 0.15) is 24.3 Å². The number of fused-ring (bicyclic) bond motifs is 1. The molecule has 0 spiro atoms. The summed E-state index contributed by atoms with van der Waals surface area (Å²) in [6.07, 6.45) is 0.897. The highest BCUT2D eigenvalue weighted by atomic mass is 35.5. The van der Waals surface area contributed by atoms with Crippen molar-refractivity contribution in [2.45, 2.75) is 18.7 Å². The Labute approximate surface area is 123 Å². The molecule has 1 aromatic carbocycles. The third-order valence-corrected chi connectivity index (χ3v) is 5.14. The smallest absolute Gasteiger partial charge is 0.179 e. The molecule has 0 amide bonds. The molecule has 2 heterocycles. The minimum Gasteiger partial charge on any atom is -0.489 e. The fourth-order valence-corrected chi connectivity index (χ4v) is 3.76. The van der Waals surface area contributed by atoms with Crippen molar-refractivity contribution in [2.75, 3.05) is 25.5 Å². The van der Waals surface area contributed by atoms with E-state index < -0.39 is 0 Å². The lowest BCUT2D eigenvalue weighted by atomic mass is 10.1. The zero-order valence-electron chi connectivity index (χ0n) is 10.9. The second-order valence-electron chi connectivity index (χ2n) is 5.11. The van der Waals surface area contributed by atoms with Crippen LogP contribution >= 0.6 is 23.4 Å². The summed E-state index contributed by atoms with van der Waals surface area (Å²) in [7, 11) is 0. The van der Waals surface area contributed by atoms with E-state index >= 15 is 0 Å². The van der Waals surface area contributed by atoms with E-state index in [9.17, 15) is 0 Å². The first-order valence-corrected chi connectivity index (χ1v) is 8.11. The second kappa shape index (κ2) is 5.81. The van der Waals surface area contributed by atoms with E-state index in [1.165, 1.54) is 11.3 Å². The van der Waals surface area contributed by atoms with E-state index in [1.807, 2.05) is 17.8 Å². The van der Waals surface area contributed by atoms with Crippen LogP contribution < -0.4 is 14.8 Å². The Morgan fingerprint density at radius 2 is 2.16 bits per heavy atom. The van der Waals surface area contributed by atoms with Crippen LogP contribution in [0.4, 0.5) is 0 Å². The van der Waals surface area contributed by atoms with Crippen LogP contribution in [0.3, 0.4) is 0 Å².